The molecule has 0 fully saturated rings. The highest BCUT2D eigenvalue weighted by atomic mass is 16.6. The molecule has 11 heteroatoms. The predicted molar refractivity (Wildman–Crippen MR) is 136 cm³/mol. The molecule has 1 heterocycles. The number of carbonyl (C=O) groups is 1. The van der Waals surface area contributed by atoms with Crippen molar-refractivity contribution in [2.45, 2.75) is 25.6 Å². The number of hydrogen-bond acceptors (Lipinski definition) is 11. The van der Waals surface area contributed by atoms with E-state index in [-0.39, 0.29) is 51.1 Å². The van der Waals surface area contributed by atoms with E-state index >= 15 is 0 Å². The van der Waals surface area contributed by atoms with Crippen LogP contribution in [0.3, 0.4) is 0 Å². The van der Waals surface area contributed by atoms with Gasteiger partial charge in [-0.3, -0.25) is 4.79 Å². The summed E-state index contributed by atoms with van der Waals surface area (Å²) in [5, 5.41) is 70.6. The van der Waals surface area contributed by atoms with Crippen molar-refractivity contribution in [3.05, 3.63) is 81.0 Å². The number of benzene rings is 3. The van der Waals surface area contributed by atoms with Crippen molar-refractivity contribution < 1.29 is 50.0 Å². The lowest BCUT2D eigenvalue weighted by molar-refractivity contribution is -0.0188. The molecule has 0 radical (unpaired) electrons. The Morgan fingerprint density at radius 2 is 1.59 bits per heavy atom. The number of esters is 1. The van der Waals surface area contributed by atoms with Crippen molar-refractivity contribution in [2.24, 2.45) is 0 Å². The quantitative estimate of drug-likeness (QED) is 0.150. The van der Waals surface area contributed by atoms with Crippen LogP contribution >= 0.6 is 0 Å². The molecule has 7 N–H and O–H groups in total. The molecule has 2 atom stereocenters. The van der Waals surface area contributed by atoms with E-state index in [1.165, 1.54) is 37.3 Å². The highest BCUT2D eigenvalue weighted by molar-refractivity contribution is 5.98. The number of aromatic hydroxyl groups is 7. The standard InChI is InChI=1S/C28H22O11/c1-11-24-13(6-20(33)25(11)35)4-14(7-21(34)26(24)36)28(37)39-23-10-16-18(31)8-15(29)9-22(16)38-27(23)12-2-3-17(30)19(32)5-12/h2-9,23,27,29-33,35H,10H2,1H3,(H,34,36)/t23-,27-/m1/s1. The molecule has 200 valence electrons. The molecule has 4 aromatic rings. The van der Waals surface area contributed by atoms with Crippen LogP contribution in [0.15, 0.2) is 53.3 Å². The number of hydrogen-bond donors (Lipinski definition) is 7. The average molecular weight is 534 g/mol. The van der Waals surface area contributed by atoms with Crippen molar-refractivity contribution in [1.82, 2.24) is 0 Å². The summed E-state index contributed by atoms with van der Waals surface area (Å²) in [7, 11) is 0. The van der Waals surface area contributed by atoms with E-state index in [1.807, 2.05) is 0 Å². The van der Waals surface area contributed by atoms with Crippen molar-refractivity contribution in [3.63, 3.8) is 0 Å². The maximum atomic E-state index is 13.3. The SMILES string of the molecule is Cc1c(O)c(O)cc2cc(C(=O)O[C@@H]3Cc4c(O)cc(O)cc4O[C@@H]3c3ccc(O)c(O)c3)cc(=O)c(O)c12. The maximum Gasteiger partial charge on any atom is 0.338 e. The number of carbonyl (C=O) groups excluding carboxylic acids is 1. The van der Waals surface area contributed by atoms with Crippen LogP contribution in [-0.4, -0.2) is 47.8 Å². The minimum atomic E-state index is -1.14. The van der Waals surface area contributed by atoms with Crippen LogP contribution in [0.25, 0.3) is 10.8 Å². The van der Waals surface area contributed by atoms with Crippen LogP contribution in [0.2, 0.25) is 0 Å². The summed E-state index contributed by atoms with van der Waals surface area (Å²) in [6.45, 7) is 1.38. The van der Waals surface area contributed by atoms with Crippen LogP contribution in [-0.2, 0) is 11.2 Å². The Hall–Kier alpha value is -5.32. The third-order valence-corrected chi connectivity index (χ3v) is 6.61. The van der Waals surface area contributed by atoms with Gasteiger partial charge in [-0.25, -0.2) is 4.79 Å². The van der Waals surface area contributed by atoms with Gasteiger partial charge in [0.2, 0.25) is 5.43 Å². The number of fused-ring (bicyclic) bond motifs is 2. The van der Waals surface area contributed by atoms with Gasteiger partial charge in [-0.1, -0.05) is 6.07 Å². The van der Waals surface area contributed by atoms with E-state index in [9.17, 15) is 45.3 Å². The fourth-order valence-corrected chi connectivity index (χ4v) is 4.66. The first kappa shape index (κ1) is 25.3. The first-order valence-electron chi connectivity index (χ1n) is 11.6. The second-order valence-electron chi connectivity index (χ2n) is 9.17. The lowest BCUT2D eigenvalue weighted by atomic mass is 9.93. The molecular formula is C28H22O11. The fourth-order valence-electron chi connectivity index (χ4n) is 4.66. The molecule has 0 aliphatic carbocycles. The molecule has 39 heavy (non-hydrogen) atoms. The Morgan fingerprint density at radius 1 is 0.846 bits per heavy atom. The Kier molecular flexibility index (Phi) is 5.98. The molecule has 1 aliphatic rings. The zero-order valence-corrected chi connectivity index (χ0v) is 20.2. The number of phenolic OH excluding ortho intramolecular Hbond substituents is 6. The molecule has 0 bridgehead atoms. The van der Waals surface area contributed by atoms with Crippen LogP contribution in [0.5, 0.6) is 46.0 Å². The monoisotopic (exact) mass is 534 g/mol. The number of aryl methyl sites for hydroxylation is 1. The summed E-state index contributed by atoms with van der Waals surface area (Å²) in [4.78, 5) is 26.0. The smallest absolute Gasteiger partial charge is 0.338 e. The van der Waals surface area contributed by atoms with E-state index in [1.54, 1.807) is 0 Å². The van der Waals surface area contributed by atoms with E-state index in [0.717, 1.165) is 18.2 Å². The number of ether oxygens (including phenoxy) is 2. The van der Waals surface area contributed by atoms with Gasteiger partial charge in [-0.2, -0.15) is 0 Å². The van der Waals surface area contributed by atoms with Crippen LogP contribution < -0.4 is 10.2 Å². The van der Waals surface area contributed by atoms with Crippen LogP contribution in [0.4, 0.5) is 0 Å². The number of phenols is 6. The molecular weight excluding hydrogens is 512 g/mol. The van der Waals surface area contributed by atoms with Crippen LogP contribution in [0, 0.1) is 6.92 Å². The van der Waals surface area contributed by atoms with Crippen LogP contribution in [0.1, 0.15) is 33.2 Å². The minimum absolute atomic E-state index is 0.0262. The largest absolute Gasteiger partial charge is 0.508 e. The van der Waals surface area contributed by atoms with E-state index in [2.05, 4.69) is 0 Å². The summed E-state index contributed by atoms with van der Waals surface area (Å²) >= 11 is 0. The first-order valence-corrected chi connectivity index (χ1v) is 11.6. The molecule has 4 aromatic carbocycles. The Morgan fingerprint density at radius 3 is 2.31 bits per heavy atom. The maximum absolute atomic E-state index is 13.3. The molecule has 0 unspecified atom stereocenters. The lowest BCUT2D eigenvalue weighted by Crippen LogP contribution is -2.34. The van der Waals surface area contributed by atoms with Gasteiger partial charge in [0, 0.05) is 46.7 Å². The minimum Gasteiger partial charge on any atom is -0.508 e. The lowest BCUT2D eigenvalue weighted by Gasteiger charge is -2.34. The predicted octanol–water partition coefficient (Wildman–Crippen LogP) is 3.35. The molecule has 0 saturated heterocycles. The summed E-state index contributed by atoms with van der Waals surface area (Å²) in [6, 6.07) is 9.34. The third-order valence-electron chi connectivity index (χ3n) is 6.61. The molecule has 1 aliphatic heterocycles. The highest BCUT2D eigenvalue weighted by Crippen LogP contribution is 2.44. The molecule has 0 spiro atoms. The molecule has 0 amide bonds. The third kappa shape index (κ3) is 4.39. The normalized spacial score (nSPS) is 16.3. The van der Waals surface area contributed by atoms with Crippen molar-refractivity contribution in [1.29, 1.82) is 0 Å². The van der Waals surface area contributed by atoms with Gasteiger partial charge in [0.05, 0.1) is 5.56 Å². The van der Waals surface area contributed by atoms with Gasteiger partial charge in [-0.15, -0.1) is 0 Å². The Balaban J connectivity index is 1.59. The van der Waals surface area contributed by atoms with Gasteiger partial charge in [0.25, 0.3) is 0 Å². The summed E-state index contributed by atoms with van der Waals surface area (Å²) in [5.74, 6) is -4.15. The second kappa shape index (κ2) is 9.21. The zero-order valence-electron chi connectivity index (χ0n) is 20.2. The van der Waals surface area contributed by atoms with E-state index in [0.29, 0.717) is 5.56 Å². The average Bonchev–Trinajstić information content (AvgIpc) is 3.00. The Bertz CT molecular complexity index is 1730. The molecule has 0 saturated carbocycles. The van der Waals surface area contributed by atoms with Gasteiger partial charge in [0.15, 0.2) is 34.9 Å². The molecule has 5 rings (SSSR count). The number of rotatable bonds is 3. The summed E-state index contributed by atoms with van der Waals surface area (Å²) < 4.78 is 11.7. The Labute approximate surface area is 219 Å². The highest BCUT2D eigenvalue weighted by Gasteiger charge is 2.37. The van der Waals surface area contributed by atoms with Crippen molar-refractivity contribution >= 4 is 16.7 Å². The first-order chi connectivity index (χ1) is 18.4. The second-order valence-corrected chi connectivity index (χ2v) is 9.17. The van der Waals surface area contributed by atoms with Gasteiger partial charge < -0.3 is 45.2 Å². The fraction of sp³-hybridized carbons (Fsp3) is 0.143. The molecule has 11 nitrogen and oxygen atoms in total. The molecule has 0 aromatic heterocycles. The van der Waals surface area contributed by atoms with Gasteiger partial charge >= 0.3 is 5.97 Å². The topological polar surface area (TPSA) is 194 Å². The van der Waals surface area contributed by atoms with Gasteiger partial charge in [-0.05, 0) is 36.6 Å². The summed E-state index contributed by atoms with van der Waals surface area (Å²) in [5.41, 5.74) is -0.685. The van der Waals surface area contributed by atoms with Crippen molar-refractivity contribution in [2.75, 3.05) is 0 Å². The zero-order chi connectivity index (χ0) is 28.2. The van der Waals surface area contributed by atoms with E-state index in [4.69, 9.17) is 9.47 Å². The van der Waals surface area contributed by atoms with E-state index < -0.39 is 52.4 Å². The summed E-state index contributed by atoms with van der Waals surface area (Å²) in [6.07, 6.45) is -2.31. The van der Waals surface area contributed by atoms with Crippen molar-refractivity contribution in [3.8, 4) is 46.0 Å². The van der Waals surface area contributed by atoms with Gasteiger partial charge in [0.1, 0.15) is 23.4 Å².